The smallest absolute Gasteiger partial charge is 0.303 e. The number of aliphatic carboxylic acids is 1. The van der Waals surface area contributed by atoms with Crippen molar-refractivity contribution in [1.82, 2.24) is 9.97 Å². The van der Waals surface area contributed by atoms with Crippen LogP contribution >= 0.6 is 0 Å². The highest BCUT2D eigenvalue weighted by atomic mass is 16.4. The summed E-state index contributed by atoms with van der Waals surface area (Å²) in [6, 6.07) is 7.78. The van der Waals surface area contributed by atoms with Gasteiger partial charge in [0.2, 0.25) is 5.95 Å². The van der Waals surface area contributed by atoms with E-state index in [1.165, 1.54) is 0 Å². The predicted molar refractivity (Wildman–Crippen MR) is 86.1 cm³/mol. The lowest BCUT2D eigenvalue weighted by atomic mass is 10.1. The molecule has 0 bridgehead atoms. The van der Waals surface area contributed by atoms with E-state index in [-0.39, 0.29) is 6.42 Å². The van der Waals surface area contributed by atoms with E-state index in [1.54, 1.807) is 12.4 Å². The van der Waals surface area contributed by atoms with Crippen LogP contribution in [0.1, 0.15) is 17.5 Å². The van der Waals surface area contributed by atoms with Crippen molar-refractivity contribution in [2.45, 2.75) is 19.4 Å². The number of carboxylic acids is 1. The Morgan fingerprint density at radius 2 is 1.95 bits per heavy atom. The highest BCUT2D eigenvalue weighted by molar-refractivity contribution is 5.67. The molecule has 0 aliphatic heterocycles. The summed E-state index contributed by atoms with van der Waals surface area (Å²) < 4.78 is 0. The Morgan fingerprint density at radius 3 is 2.59 bits per heavy atom. The highest BCUT2D eigenvalue weighted by Crippen LogP contribution is 2.13. The fraction of sp³-hybridized carbons (Fsp3) is 0.312. The maximum Gasteiger partial charge on any atom is 0.303 e. The minimum Gasteiger partial charge on any atom is -0.481 e. The van der Waals surface area contributed by atoms with Gasteiger partial charge in [0.1, 0.15) is 0 Å². The van der Waals surface area contributed by atoms with Crippen molar-refractivity contribution in [2.24, 2.45) is 0 Å². The van der Waals surface area contributed by atoms with E-state index in [0.717, 1.165) is 16.8 Å². The van der Waals surface area contributed by atoms with Crippen LogP contribution in [0.2, 0.25) is 0 Å². The largest absolute Gasteiger partial charge is 0.481 e. The molecule has 0 aliphatic rings. The van der Waals surface area contributed by atoms with Crippen molar-refractivity contribution in [3.05, 3.63) is 47.8 Å². The van der Waals surface area contributed by atoms with Gasteiger partial charge in [-0.2, -0.15) is 0 Å². The van der Waals surface area contributed by atoms with Gasteiger partial charge in [0.25, 0.3) is 0 Å². The third-order valence-electron chi connectivity index (χ3n) is 3.14. The molecule has 0 saturated heterocycles. The summed E-state index contributed by atoms with van der Waals surface area (Å²) in [5, 5.41) is 12.0. The van der Waals surface area contributed by atoms with Gasteiger partial charge in [-0.1, -0.05) is 12.1 Å². The second kappa shape index (κ2) is 7.40. The van der Waals surface area contributed by atoms with Crippen LogP contribution in [0.15, 0.2) is 36.7 Å². The first-order chi connectivity index (χ1) is 10.5. The van der Waals surface area contributed by atoms with E-state index in [0.29, 0.717) is 18.9 Å². The zero-order valence-corrected chi connectivity index (χ0v) is 12.8. The van der Waals surface area contributed by atoms with E-state index in [2.05, 4.69) is 15.3 Å². The van der Waals surface area contributed by atoms with Gasteiger partial charge >= 0.3 is 5.97 Å². The molecule has 0 fully saturated rings. The molecule has 0 amide bonds. The number of rotatable bonds is 7. The number of aromatic nitrogens is 2. The molecule has 2 N–H and O–H groups in total. The third kappa shape index (κ3) is 4.73. The van der Waals surface area contributed by atoms with Gasteiger partial charge in [-0.05, 0) is 24.1 Å². The Morgan fingerprint density at radius 1 is 1.23 bits per heavy atom. The number of aryl methyl sites for hydroxylation is 1. The van der Waals surface area contributed by atoms with Crippen LogP contribution in [0.3, 0.4) is 0 Å². The van der Waals surface area contributed by atoms with Crippen LogP contribution < -0.4 is 10.2 Å². The van der Waals surface area contributed by atoms with Crippen LogP contribution in [0, 0.1) is 0 Å². The fourth-order valence-corrected chi connectivity index (χ4v) is 1.96. The van der Waals surface area contributed by atoms with Crippen LogP contribution in [0.25, 0.3) is 0 Å². The van der Waals surface area contributed by atoms with Crippen LogP contribution in [0.5, 0.6) is 0 Å². The number of nitrogens with one attached hydrogen (secondary N) is 1. The second-order valence-electron chi connectivity index (χ2n) is 5.23. The molecule has 0 radical (unpaired) electrons. The molecule has 1 heterocycles. The number of benzene rings is 1. The number of nitrogens with zero attached hydrogens (tertiary/aromatic N) is 3. The Kier molecular flexibility index (Phi) is 5.30. The fourth-order valence-electron chi connectivity index (χ4n) is 1.96. The summed E-state index contributed by atoms with van der Waals surface area (Å²) in [5.41, 5.74) is 2.95. The average molecular weight is 300 g/mol. The van der Waals surface area contributed by atoms with Crippen molar-refractivity contribution in [3.63, 3.8) is 0 Å². The van der Waals surface area contributed by atoms with Crippen molar-refractivity contribution < 1.29 is 9.90 Å². The SMILES string of the molecule is CN(C)c1ncc(CNc2cccc(CCC(=O)O)c2)cn1. The van der Waals surface area contributed by atoms with Crippen molar-refractivity contribution in [3.8, 4) is 0 Å². The normalized spacial score (nSPS) is 10.3. The molecule has 0 atom stereocenters. The van der Waals surface area contributed by atoms with Gasteiger partial charge < -0.3 is 15.3 Å². The number of hydrogen-bond donors (Lipinski definition) is 2. The van der Waals surface area contributed by atoms with Gasteiger partial charge in [0, 0.05) is 50.7 Å². The first-order valence-electron chi connectivity index (χ1n) is 7.07. The molecule has 2 rings (SSSR count). The molecule has 1 aromatic carbocycles. The first-order valence-corrected chi connectivity index (χ1v) is 7.07. The van der Waals surface area contributed by atoms with E-state index in [1.807, 2.05) is 43.3 Å². The molecule has 0 spiro atoms. The van der Waals surface area contributed by atoms with E-state index in [9.17, 15) is 4.79 Å². The zero-order chi connectivity index (χ0) is 15.9. The lowest BCUT2D eigenvalue weighted by Crippen LogP contribution is -2.13. The van der Waals surface area contributed by atoms with E-state index < -0.39 is 5.97 Å². The quantitative estimate of drug-likeness (QED) is 0.816. The Hall–Kier alpha value is -2.63. The third-order valence-corrected chi connectivity index (χ3v) is 3.14. The molecule has 6 heteroatoms. The number of carbonyl (C=O) groups is 1. The molecule has 116 valence electrons. The second-order valence-corrected chi connectivity index (χ2v) is 5.23. The van der Waals surface area contributed by atoms with Crippen molar-refractivity contribution in [1.29, 1.82) is 0 Å². The summed E-state index contributed by atoms with van der Waals surface area (Å²) in [4.78, 5) is 21.0. The predicted octanol–water partition coefficient (Wildman–Crippen LogP) is 2.17. The number of hydrogen-bond acceptors (Lipinski definition) is 5. The van der Waals surface area contributed by atoms with E-state index >= 15 is 0 Å². The zero-order valence-electron chi connectivity index (χ0n) is 12.8. The highest BCUT2D eigenvalue weighted by Gasteiger charge is 2.02. The summed E-state index contributed by atoms with van der Waals surface area (Å²) in [6.07, 6.45) is 4.27. The first kappa shape index (κ1) is 15.8. The maximum atomic E-state index is 10.6. The molecule has 22 heavy (non-hydrogen) atoms. The van der Waals surface area contributed by atoms with Gasteiger partial charge in [0.05, 0.1) is 0 Å². The Labute approximate surface area is 129 Å². The van der Waals surface area contributed by atoms with E-state index in [4.69, 9.17) is 5.11 Å². The summed E-state index contributed by atoms with van der Waals surface area (Å²) >= 11 is 0. The summed E-state index contributed by atoms with van der Waals surface area (Å²) in [7, 11) is 3.80. The molecule has 0 saturated carbocycles. The molecule has 0 unspecified atom stereocenters. The average Bonchev–Trinajstić information content (AvgIpc) is 2.52. The molecule has 6 nitrogen and oxygen atoms in total. The van der Waals surface area contributed by atoms with Gasteiger partial charge in [-0.15, -0.1) is 0 Å². The van der Waals surface area contributed by atoms with Gasteiger partial charge in [0.15, 0.2) is 0 Å². The number of anilines is 2. The van der Waals surface area contributed by atoms with Gasteiger partial charge in [-0.3, -0.25) is 4.79 Å². The summed E-state index contributed by atoms with van der Waals surface area (Å²) in [5.74, 6) is -0.101. The Bertz CT molecular complexity index is 626. The Balaban J connectivity index is 1.93. The lowest BCUT2D eigenvalue weighted by molar-refractivity contribution is -0.136. The van der Waals surface area contributed by atoms with Crippen LogP contribution in [-0.2, 0) is 17.8 Å². The van der Waals surface area contributed by atoms with Crippen LogP contribution in [-0.4, -0.2) is 35.1 Å². The standard InChI is InChI=1S/C16H20N4O2/c1-20(2)16-18-10-13(11-19-16)9-17-14-5-3-4-12(8-14)6-7-15(21)22/h3-5,8,10-11,17H,6-7,9H2,1-2H3,(H,21,22). The molecular weight excluding hydrogens is 280 g/mol. The molecule has 0 aliphatic carbocycles. The van der Waals surface area contributed by atoms with Crippen molar-refractivity contribution >= 4 is 17.6 Å². The summed E-state index contributed by atoms with van der Waals surface area (Å²) in [6.45, 7) is 0.621. The molecular formula is C16H20N4O2. The minimum atomic E-state index is -0.781. The molecule has 1 aromatic heterocycles. The van der Waals surface area contributed by atoms with Crippen LogP contribution in [0.4, 0.5) is 11.6 Å². The molecule has 2 aromatic rings. The monoisotopic (exact) mass is 300 g/mol. The minimum absolute atomic E-state index is 0.142. The lowest BCUT2D eigenvalue weighted by Gasteiger charge is -2.11. The van der Waals surface area contributed by atoms with Crippen molar-refractivity contribution in [2.75, 3.05) is 24.3 Å². The van der Waals surface area contributed by atoms with Gasteiger partial charge in [-0.25, -0.2) is 9.97 Å². The maximum absolute atomic E-state index is 10.6. The number of carboxylic acid groups (broad SMARTS) is 1. The topological polar surface area (TPSA) is 78.4 Å².